The third-order valence-electron chi connectivity index (χ3n) is 7.09. The molecule has 0 unspecified atom stereocenters. The number of hydrogen-bond acceptors (Lipinski definition) is 0. The average Bonchev–Trinajstić information content (AvgIpc) is 3.22. The molecule has 0 saturated heterocycles. The van der Waals surface area contributed by atoms with Gasteiger partial charge in [0.15, 0.2) is 0 Å². The molecule has 178 valence electrons. The first-order valence-electron chi connectivity index (χ1n) is 12.8. The molecule has 0 fully saturated rings. The number of hydrogen-bond donors (Lipinski definition) is 0. The second kappa shape index (κ2) is 11.6. The normalized spacial score (nSPS) is 10.8. The monoisotopic (exact) mass is 466 g/mol. The summed E-state index contributed by atoms with van der Waals surface area (Å²) in [7, 11) is 0. The van der Waals surface area contributed by atoms with Crippen LogP contribution in [0.2, 0.25) is 0 Å². The highest BCUT2D eigenvalue weighted by Crippen LogP contribution is 2.12. The third-order valence-corrected chi connectivity index (χ3v) is 7.09. The van der Waals surface area contributed by atoms with Crippen molar-refractivity contribution in [3.8, 4) is 0 Å². The van der Waals surface area contributed by atoms with Crippen molar-refractivity contribution < 1.29 is 0 Å². The smallest absolute Gasteiger partial charge is 0.108 e. The molecule has 0 heterocycles. The lowest BCUT2D eigenvalue weighted by atomic mass is 9.13. The Kier molecular flexibility index (Phi) is 8.13. The Balaban J connectivity index is 0.000000375. The van der Waals surface area contributed by atoms with E-state index in [1.807, 2.05) is 42.5 Å². The Morgan fingerprint density at radius 1 is 0.361 bits per heavy atom. The Hall–Kier alpha value is -3.97. The topological polar surface area (TPSA) is 0 Å². The fraction of sp³-hybridized carbons (Fsp3) is 0.114. The molecule has 0 bridgehead atoms. The van der Waals surface area contributed by atoms with Crippen molar-refractivity contribution in [2.45, 2.75) is 27.7 Å². The molecule has 1 heteroatoms. The van der Waals surface area contributed by atoms with Crippen LogP contribution in [0, 0.1) is 27.7 Å². The van der Waals surface area contributed by atoms with E-state index < -0.39 is 6.15 Å². The van der Waals surface area contributed by atoms with Crippen molar-refractivity contribution in [3.05, 3.63) is 162 Å². The lowest BCUT2D eigenvalue weighted by molar-refractivity contribution is 1.46. The lowest BCUT2D eigenvalue weighted by Crippen LogP contribution is -2.74. The first-order valence-corrected chi connectivity index (χ1v) is 12.8. The van der Waals surface area contributed by atoms with Crippen molar-refractivity contribution in [2.24, 2.45) is 0 Å². The van der Waals surface area contributed by atoms with Crippen LogP contribution in [0.25, 0.3) is 0 Å². The van der Waals surface area contributed by atoms with Crippen molar-refractivity contribution >= 4 is 28.0 Å². The van der Waals surface area contributed by atoms with Gasteiger partial charge in [-0.3, -0.25) is 0 Å². The van der Waals surface area contributed by atoms with Crippen LogP contribution < -0.4 is 21.9 Å². The number of benzene rings is 4. The summed E-state index contributed by atoms with van der Waals surface area (Å²) in [5, 5.41) is 0. The second-order valence-electron chi connectivity index (χ2n) is 9.86. The van der Waals surface area contributed by atoms with Crippen molar-refractivity contribution in [1.29, 1.82) is 0 Å². The van der Waals surface area contributed by atoms with Gasteiger partial charge in [0.05, 0.1) is 0 Å². The van der Waals surface area contributed by atoms with Gasteiger partial charge in [0, 0.05) is 42.5 Å². The first kappa shape index (κ1) is 25.1. The van der Waals surface area contributed by atoms with Crippen LogP contribution in [0.3, 0.4) is 0 Å². The standard InChI is InChI=1S/C28H28B.C7H7/c1-21-5-13-25(14-6-21)29(26-15-7-22(2)8-16-26,27-17-9-23(3)10-18-27)28-19-11-24(4)12-20-28;1-2-4-6-7-5-3-1/h5-20H,1-4H3;1-7H/q-1;+1. The summed E-state index contributed by atoms with van der Waals surface area (Å²) in [6.07, 6.45) is -1.27. The zero-order valence-electron chi connectivity index (χ0n) is 21.9. The fourth-order valence-electron chi connectivity index (χ4n) is 5.02. The molecule has 36 heavy (non-hydrogen) atoms. The highest BCUT2D eigenvalue weighted by Gasteiger charge is 2.31. The second-order valence-corrected chi connectivity index (χ2v) is 9.86. The van der Waals surface area contributed by atoms with Gasteiger partial charge in [0.25, 0.3) is 0 Å². The molecule has 0 aliphatic rings. The van der Waals surface area contributed by atoms with E-state index in [2.05, 4.69) is 125 Å². The van der Waals surface area contributed by atoms with Crippen LogP contribution in [0.1, 0.15) is 22.3 Å². The van der Waals surface area contributed by atoms with Crippen LogP contribution in [-0.4, -0.2) is 6.15 Å². The van der Waals surface area contributed by atoms with Crippen LogP contribution in [0.5, 0.6) is 0 Å². The maximum atomic E-state index is 2.31. The molecule has 0 radical (unpaired) electrons. The summed E-state index contributed by atoms with van der Waals surface area (Å²) in [5.41, 5.74) is 10.6. The summed E-state index contributed by atoms with van der Waals surface area (Å²) in [5.74, 6) is 0. The average molecular weight is 466 g/mol. The molecular formula is C35H35B. The Morgan fingerprint density at radius 2 is 0.611 bits per heavy atom. The predicted octanol–water partition coefficient (Wildman–Crippen LogP) is 6.27. The van der Waals surface area contributed by atoms with E-state index >= 15 is 0 Å². The summed E-state index contributed by atoms with van der Waals surface area (Å²) >= 11 is 0. The molecule has 0 amide bonds. The molecular weight excluding hydrogens is 431 g/mol. The minimum atomic E-state index is -1.27. The maximum Gasteiger partial charge on any atom is 0.108 e. The van der Waals surface area contributed by atoms with Crippen LogP contribution in [0.4, 0.5) is 0 Å². The molecule has 0 aliphatic heterocycles. The minimum Gasteiger partial charge on any atom is -0.195 e. The maximum absolute atomic E-state index is 2.31. The zero-order chi connectivity index (χ0) is 25.4. The molecule has 0 atom stereocenters. The van der Waals surface area contributed by atoms with Gasteiger partial charge in [-0.15, -0.1) is 0 Å². The quantitative estimate of drug-likeness (QED) is 0.217. The summed E-state index contributed by atoms with van der Waals surface area (Å²) in [6.45, 7) is 8.62. The van der Waals surface area contributed by atoms with Gasteiger partial charge in [-0.05, 0) is 27.7 Å². The van der Waals surface area contributed by atoms with E-state index in [0.29, 0.717) is 0 Å². The molecule has 0 aromatic heterocycles. The number of rotatable bonds is 4. The molecule has 0 nitrogen and oxygen atoms in total. The van der Waals surface area contributed by atoms with Gasteiger partial charge in [-0.25, -0.2) is 0 Å². The highest BCUT2D eigenvalue weighted by molar-refractivity contribution is 7.19. The Bertz CT molecular complexity index is 1130. The van der Waals surface area contributed by atoms with E-state index in [9.17, 15) is 0 Å². The van der Waals surface area contributed by atoms with Crippen LogP contribution in [-0.2, 0) is 0 Å². The predicted molar refractivity (Wildman–Crippen MR) is 160 cm³/mol. The fourth-order valence-corrected chi connectivity index (χ4v) is 5.02. The van der Waals surface area contributed by atoms with E-state index in [-0.39, 0.29) is 0 Å². The summed E-state index contributed by atoms with van der Waals surface area (Å²) < 4.78 is 0. The van der Waals surface area contributed by atoms with Crippen molar-refractivity contribution in [3.63, 3.8) is 0 Å². The molecule has 5 rings (SSSR count). The Morgan fingerprint density at radius 3 is 0.861 bits per heavy atom. The SMILES string of the molecule is Cc1ccc([B-](c2ccc(C)cc2)(c2ccc(C)cc2)c2ccc(C)cc2)cc1.c1ccc[cH+]cc1. The van der Waals surface area contributed by atoms with E-state index in [0.717, 1.165) is 0 Å². The summed E-state index contributed by atoms with van der Waals surface area (Å²) in [6, 6.07) is 50.4. The molecule has 0 aliphatic carbocycles. The molecule has 0 spiro atoms. The zero-order valence-corrected chi connectivity index (χ0v) is 21.9. The van der Waals surface area contributed by atoms with E-state index in [1.54, 1.807) is 0 Å². The van der Waals surface area contributed by atoms with Gasteiger partial charge >= 0.3 is 0 Å². The van der Waals surface area contributed by atoms with Crippen molar-refractivity contribution in [1.82, 2.24) is 0 Å². The Labute approximate surface area is 217 Å². The largest absolute Gasteiger partial charge is 0.195 e. The number of aryl methyl sites for hydroxylation is 4. The lowest BCUT2D eigenvalue weighted by Gasteiger charge is -2.44. The van der Waals surface area contributed by atoms with Crippen molar-refractivity contribution in [2.75, 3.05) is 0 Å². The van der Waals surface area contributed by atoms with Gasteiger partial charge in [-0.2, -0.15) is 21.9 Å². The molecule has 0 saturated carbocycles. The first-order chi connectivity index (χ1) is 17.5. The third kappa shape index (κ3) is 5.63. The molecule has 5 aromatic rings. The van der Waals surface area contributed by atoms with Gasteiger partial charge in [-0.1, -0.05) is 119 Å². The molecule has 5 aromatic carbocycles. The highest BCUT2D eigenvalue weighted by atomic mass is 14.1. The van der Waals surface area contributed by atoms with Gasteiger partial charge < -0.3 is 0 Å². The van der Waals surface area contributed by atoms with Crippen LogP contribution >= 0.6 is 0 Å². The summed E-state index contributed by atoms with van der Waals surface area (Å²) in [4.78, 5) is 0. The van der Waals surface area contributed by atoms with Crippen LogP contribution in [0.15, 0.2) is 140 Å². The van der Waals surface area contributed by atoms with E-state index in [4.69, 9.17) is 0 Å². The minimum absolute atomic E-state index is 1.27. The van der Waals surface area contributed by atoms with E-state index in [1.165, 1.54) is 44.1 Å². The molecule has 0 N–H and O–H groups in total. The van der Waals surface area contributed by atoms with Gasteiger partial charge in [0.2, 0.25) is 0 Å². The van der Waals surface area contributed by atoms with Gasteiger partial charge in [0.1, 0.15) is 6.15 Å².